The van der Waals surface area contributed by atoms with Gasteiger partial charge >= 0.3 is 0 Å². The van der Waals surface area contributed by atoms with Crippen LogP contribution in [0.25, 0.3) is 0 Å². The van der Waals surface area contributed by atoms with Gasteiger partial charge in [-0.05, 0) is 60.9 Å². The topological polar surface area (TPSA) is 55.8 Å². The second-order valence-electron chi connectivity index (χ2n) is 7.20. The van der Waals surface area contributed by atoms with E-state index in [2.05, 4.69) is 6.92 Å². The Labute approximate surface area is 168 Å². The second-order valence-corrected chi connectivity index (χ2v) is 7.63. The van der Waals surface area contributed by atoms with Gasteiger partial charge in [0.05, 0.1) is 19.4 Å². The van der Waals surface area contributed by atoms with Crippen LogP contribution in [-0.2, 0) is 17.9 Å². The summed E-state index contributed by atoms with van der Waals surface area (Å²) in [7, 11) is 0. The summed E-state index contributed by atoms with van der Waals surface area (Å²) in [4.78, 5) is 14.5. The van der Waals surface area contributed by atoms with Crippen molar-refractivity contribution in [2.75, 3.05) is 6.61 Å². The molecule has 0 radical (unpaired) electrons. The first kappa shape index (κ1) is 18.7. The van der Waals surface area contributed by atoms with Crippen molar-refractivity contribution in [1.82, 2.24) is 4.90 Å². The summed E-state index contributed by atoms with van der Waals surface area (Å²) in [6, 6.07) is 14.5. The van der Waals surface area contributed by atoms with Gasteiger partial charge in [-0.1, -0.05) is 18.5 Å². The van der Waals surface area contributed by atoms with E-state index in [0.29, 0.717) is 41.5 Å². The Bertz CT molecular complexity index is 916. The lowest BCUT2D eigenvalue weighted by atomic mass is 10.3. The molecule has 5 nitrogen and oxygen atoms in total. The normalized spacial score (nSPS) is 18.1. The highest BCUT2D eigenvalue weighted by molar-refractivity contribution is 6.30. The standard InChI is InChI=1S/C22H22ClNO4/c1-15-11-20(15)21-9-8-19(28-21)13-24(12-18-3-2-10-26-18)22(25)14-27-17-6-4-16(23)5-7-17/h2-10,15,20H,11-14H2,1H3. The molecule has 6 heteroatoms. The maximum atomic E-state index is 12.8. The summed E-state index contributed by atoms with van der Waals surface area (Å²) in [6.07, 6.45) is 2.76. The minimum Gasteiger partial charge on any atom is -0.484 e. The molecule has 1 amide bonds. The molecule has 1 aliphatic rings. The van der Waals surface area contributed by atoms with Crippen molar-refractivity contribution >= 4 is 17.5 Å². The van der Waals surface area contributed by atoms with E-state index in [1.807, 2.05) is 24.3 Å². The zero-order valence-electron chi connectivity index (χ0n) is 15.6. The average Bonchev–Trinajstić information content (AvgIpc) is 3.08. The molecule has 4 rings (SSSR count). The number of carbonyl (C=O) groups is 1. The number of carbonyl (C=O) groups excluding carboxylic acids is 1. The fourth-order valence-electron chi connectivity index (χ4n) is 3.18. The van der Waals surface area contributed by atoms with Crippen LogP contribution < -0.4 is 4.74 Å². The van der Waals surface area contributed by atoms with Crippen molar-refractivity contribution in [3.63, 3.8) is 0 Å². The third-order valence-corrected chi connectivity index (χ3v) is 5.21. The minimum atomic E-state index is -0.149. The number of hydrogen-bond acceptors (Lipinski definition) is 4. The predicted molar refractivity (Wildman–Crippen MR) is 105 cm³/mol. The molecule has 0 N–H and O–H groups in total. The van der Waals surface area contributed by atoms with Crippen molar-refractivity contribution < 1.29 is 18.4 Å². The van der Waals surface area contributed by atoms with E-state index in [0.717, 1.165) is 17.9 Å². The molecule has 1 aromatic carbocycles. The highest BCUT2D eigenvalue weighted by atomic mass is 35.5. The van der Waals surface area contributed by atoms with E-state index in [-0.39, 0.29) is 12.5 Å². The van der Waals surface area contributed by atoms with Gasteiger partial charge in [-0.2, -0.15) is 0 Å². The van der Waals surface area contributed by atoms with Crippen LogP contribution in [0.4, 0.5) is 0 Å². The number of nitrogens with zero attached hydrogens (tertiary/aromatic N) is 1. The number of furan rings is 2. The molecular formula is C22H22ClNO4. The zero-order valence-corrected chi connectivity index (χ0v) is 16.4. The van der Waals surface area contributed by atoms with Crippen molar-refractivity contribution in [3.8, 4) is 5.75 Å². The Balaban J connectivity index is 1.42. The molecule has 2 heterocycles. The number of rotatable bonds is 8. The van der Waals surface area contributed by atoms with Gasteiger partial charge in [0.15, 0.2) is 6.61 Å². The quantitative estimate of drug-likeness (QED) is 0.518. The van der Waals surface area contributed by atoms with Crippen LogP contribution in [0.2, 0.25) is 5.02 Å². The van der Waals surface area contributed by atoms with E-state index >= 15 is 0 Å². The second kappa shape index (κ2) is 8.15. The van der Waals surface area contributed by atoms with E-state index in [9.17, 15) is 4.79 Å². The monoisotopic (exact) mass is 399 g/mol. The predicted octanol–water partition coefficient (Wildman–Crippen LogP) is 5.26. The number of benzene rings is 1. The summed E-state index contributed by atoms with van der Waals surface area (Å²) in [5, 5.41) is 0.622. The Morgan fingerprint density at radius 1 is 1.14 bits per heavy atom. The third-order valence-electron chi connectivity index (χ3n) is 4.96. The maximum Gasteiger partial charge on any atom is 0.261 e. The van der Waals surface area contributed by atoms with Crippen LogP contribution in [-0.4, -0.2) is 17.4 Å². The molecule has 3 aromatic rings. The van der Waals surface area contributed by atoms with Gasteiger partial charge in [0.2, 0.25) is 0 Å². The molecular weight excluding hydrogens is 378 g/mol. The fourth-order valence-corrected chi connectivity index (χ4v) is 3.30. The molecule has 1 fully saturated rings. The summed E-state index contributed by atoms with van der Waals surface area (Å²) < 4.78 is 17.0. The maximum absolute atomic E-state index is 12.8. The van der Waals surface area contributed by atoms with Crippen molar-refractivity contribution in [3.05, 3.63) is 77.1 Å². The molecule has 0 aliphatic heterocycles. The SMILES string of the molecule is CC1CC1c1ccc(CN(Cc2ccco2)C(=O)COc2ccc(Cl)cc2)o1. The van der Waals surface area contributed by atoms with Gasteiger partial charge in [-0.25, -0.2) is 0 Å². The first-order valence-corrected chi connectivity index (χ1v) is 9.73. The Kier molecular flexibility index (Phi) is 5.44. The van der Waals surface area contributed by atoms with Gasteiger partial charge < -0.3 is 18.5 Å². The Morgan fingerprint density at radius 3 is 2.57 bits per heavy atom. The first-order valence-electron chi connectivity index (χ1n) is 9.35. The van der Waals surface area contributed by atoms with E-state index in [1.54, 1.807) is 35.4 Å². The molecule has 1 saturated carbocycles. The van der Waals surface area contributed by atoms with Crippen LogP contribution in [0.1, 0.15) is 36.5 Å². The molecule has 2 atom stereocenters. The molecule has 2 unspecified atom stereocenters. The van der Waals surface area contributed by atoms with Crippen LogP contribution >= 0.6 is 11.6 Å². The average molecular weight is 400 g/mol. The molecule has 28 heavy (non-hydrogen) atoms. The first-order chi connectivity index (χ1) is 13.6. The number of amides is 1. The van der Waals surface area contributed by atoms with Gasteiger partial charge in [0, 0.05) is 10.9 Å². The van der Waals surface area contributed by atoms with Crippen molar-refractivity contribution in [2.24, 2.45) is 5.92 Å². The Hall–Kier alpha value is -2.66. The van der Waals surface area contributed by atoms with Crippen molar-refractivity contribution in [2.45, 2.75) is 32.4 Å². The fraction of sp³-hybridized carbons (Fsp3) is 0.318. The molecule has 1 aliphatic carbocycles. The number of ether oxygens (including phenoxy) is 1. The van der Waals surface area contributed by atoms with Gasteiger partial charge in [-0.15, -0.1) is 0 Å². The molecule has 2 aromatic heterocycles. The summed E-state index contributed by atoms with van der Waals surface area (Å²) in [5.74, 6) is 4.11. The lowest BCUT2D eigenvalue weighted by molar-refractivity contribution is -0.135. The van der Waals surface area contributed by atoms with Crippen LogP contribution in [0.15, 0.2) is 63.6 Å². The summed E-state index contributed by atoms with van der Waals surface area (Å²) in [6.45, 7) is 2.86. The lowest BCUT2D eigenvalue weighted by Gasteiger charge is -2.21. The van der Waals surface area contributed by atoms with Gasteiger partial charge in [0.1, 0.15) is 23.0 Å². The van der Waals surface area contributed by atoms with Gasteiger partial charge in [0.25, 0.3) is 5.91 Å². The molecule has 0 spiro atoms. The largest absolute Gasteiger partial charge is 0.484 e. The van der Waals surface area contributed by atoms with Crippen LogP contribution in [0.5, 0.6) is 5.75 Å². The van der Waals surface area contributed by atoms with Crippen LogP contribution in [0, 0.1) is 5.92 Å². The van der Waals surface area contributed by atoms with Crippen LogP contribution in [0.3, 0.4) is 0 Å². The summed E-state index contributed by atoms with van der Waals surface area (Å²) in [5.41, 5.74) is 0. The number of halogens is 1. The van der Waals surface area contributed by atoms with Gasteiger partial charge in [-0.3, -0.25) is 4.79 Å². The molecule has 146 valence electrons. The Morgan fingerprint density at radius 2 is 1.89 bits per heavy atom. The third kappa shape index (κ3) is 4.60. The highest BCUT2D eigenvalue weighted by Gasteiger charge is 2.36. The summed E-state index contributed by atoms with van der Waals surface area (Å²) >= 11 is 5.88. The van der Waals surface area contributed by atoms with E-state index in [1.165, 1.54) is 0 Å². The lowest BCUT2D eigenvalue weighted by Crippen LogP contribution is -2.33. The zero-order chi connectivity index (χ0) is 19.5. The number of hydrogen-bond donors (Lipinski definition) is 0. The highest BCUT2D eigenvalue weighted by Crippen LogP contribution is 2.47. The van der Waals surface area contributed by atoms with Crippen molar-refractivity contribution in [1.29, 1.82) is 0 Å². The van der Waals surface area contributed by atoms with E-state index < -0.39 is 0 Å². The molecule has 0 bridgehead atoms. The smallest absolute Gasteiger partial charge is 0.261 e. The molecule has 0 saturated heterocycles. The van der Waals surface area contributed by atoms with E-state index in [4.69, 9.17) is 25.2 Å². The minimum absolute atomic E-state index is 0.0738.